The summed E-state index contributed by atoms with van der Waals surface area (Å²) in [6, 6.07) is 18.3. The fraction of sp³-hybridized carbons (Fsp3) is 0.320. The highest BCUT2D eigenvalue weighted by molar-refractivity contribution is 5.94. The molecule has 4 rings (SSSR count). The number of methoxy groups -OCH3 is 1. The van der Waals surface area contributed by atoms with E-state index in [0.717, 1.165) is 10.9 Å². The second-order valence-corrected chi connectivity index (χ2v) is 7.93. The van der Waals surface area contributed by atoms with Crippen LogP contribution < -0.4 is 9.47 Å². The number of benzene rings is 2. The summed E-state index contributed by atoms with van der Waals surface area (Å²) in [5.41, 5.74) is 1.40. The van der Waals surface area contributed by atoms with Crippen LogP contribution in [0.4, 0.5) is 0 Å². The molecule has 0 aliphatic carbocycles. The van der Waals surface area contributed by atoms with Crippen molar-refractivity contribution < 1.29 is 19.1 Å². The molecule has 0 unspecified atom stereocenters. The maximum atomic E-state index is 13.2. The third-order valence-corrected chi connectivity index (χ3v) is 5.75. The normalized spacial score (nSPS) is 17.2. The highest BCUT2D eigenvalue weighted by Gasteiger charge is 2.33. The van der Waals surface area contributed by atoms with Gasteiger partial charge in [-0.1, -0.05) is 24.3 Å². The average Bonchev–Trinajstić information content (AvgIpc) is 2.83. The Hall–Kier alpha value is -3.61. The number of ether oxygens (including phenoxy) is 2. The number of carbonyl (C=O) groups is 2. The van der Waals surface area contributed by atoms with Crippen LogP contribution in [0.2, 0.25) is 0 Å². The SMILES string of the molecule is COc1ccc2c(O[C@@H](C)C(=O)N3CCN(C(=O)c4ccccc4)C[C@H]3C)cccc2n1. The summed E-state index contributed by atoms with van der Waals surface area (Å²) in [5, 5.41) is 0.819. The van der Waals surface area contributed by atoms with Crippen LogP contribution in [-0.2, 0) is 4.79 Å². The van der Waals surface area contributed by atoms with Crippen molar-refractivity contribution in [3.8, 4) is 11.6 Å². The Labute approximate surface area is 187 Å². The Kier molecular flexibility index (Phi) is 6.25. The van der Waals surface area contributed by atoms with Crippen molar-refractivity contribution in [2.24, 2.45) is 0 Å². The van der Waals surface area contributed by atoms with E-state index in [-0.39, 0.29) is 17.9 Å². The van der Waals surface area contributed by atoms with Crippen LogP contribution in [0.25, 0.3) is 10.9 Å². The summed E-state index contributed by atoms with van der Waals surface area (Å²) < 4.78 is 11.2. The number of carbonyl (C=O) groups excluding carboxylic acids is 2. The summed E-state index contributed by atoms with van der Waals surface area (Å²) in [7, 11) is 1.57. The zero-order valence-corrected chi connectivity index (χ0v) is 18.5. The molecule has 1 aromatic heterocycles. The van der Waals surface area contributed by atoms with E-state index in [0.29, 0.717) is 36.8 Å². The molecule has 1 aliphatic rings. The molecule has 1 aliphatic heterocycles. The first-order valence-corrected chi connectivity index (χ1v) is 10.7. The van der Waals surface area contributed by atoms with E-state index in [4.69, 9.17) is 9.47 Å². The van der Waals surface area contributed by atoms with Gasteiger partial charge in [-0.2, -0.15) is 0 Å². The Morgan fingerprint density at radius 2 is 1.81 bits per heavy atom. The summed E-state index contributed by atoms with van der Waals surface area (Å²) >= 11 is 0. The lowest BCUT2D eigenvalue weighted by atomic mass is 10.1. The van der Waals surface area contributed by atoms with Crippen LogP contribution in [0.1, 0.15) is 24.2 Å². The zero-order chi connectivity index (χ0) is 22.7. The molecule has 166 valence electrons. The standard InChI is InChI=1S/C25H27N3O4/c1-17-16-27(25(30)19-8-5-4-6-9-19)14-15-28(17)24(29)18(2)32-22-11-7-10-21-20(22)12-13-23(26-21)31-3/h4-13,17-18H,14-16H2,1-3H3/t17-,18+/m1/s1. The summed E-state index contributed by atoms with van der Waals surface area (Å²) in [4.78, 5) is 33.9. The fourth-order valence-corrected chi connectivity index (χ4v) is 4.03. The Morgan fingerprint density at radius 1 is 1.03 bits per heavy atom. The topological polar surface area (TPSA) is 72.0 Å². The fourth-order valence-electron chi connectivity index (χ4n) is 4.03. The molecule has 32 heavy (non-hydrogen) atoms. The van der Waals surface area contributed by atoms with E-state index in [9.17, 15) is 9.59 Å². The van der Waals surface area contributed by atoms with Crippen molar-refractivity contribution in [1.29, 1.82) is 0 Å². The minimum Gasteiger partial charge on any atom is -0.481 e. The first-order valence-electron chi connectivity index (χ1n) is 10.7. The number of hydrogen-bond donors (Lipinski definition) is 0. The minimum atomic E-state index is -0.665. The number of aromatic nitrogens is 1. The highest BCUT2D eigenvalue weighted by atomic mass is 16.5. The van der Waals surface area contributed by atoms with Crippen LogP contribution in [0.5, 0.6) is 11.6 Å². The molecule has 0 N–H and O–H groups in total. The number of amides is 2. The Morgan fingerprint density at radius 3 is 2.53 bits per heavy atom. The van der Waals surface area contributed by atoms with Crippen molar-refractivity contribution in [2.45, 2.75) is 26.0 Å². The molecule has 3 aromatic rings. The molecule has 2 amide bonds. The summed E-state index contributed by atoms with van der Waals surface area (Å²) in [5.74, 6) is 1.02. The smallest absolute Gasteiger partial charge is 0.263 e. The van der Waals surface area contributed by atoms with Crippen molar-refractivity contribution >= 4 is 22.7 Å². The second kappa shape index (κ2) is 9.26. The van der Waals surface area contributed by atoms with Crippen molar-refractivity contribution in [3.05, 3.63) is 66.2 Å². The maximum Gasteiger partial charge on any atom is 0.263 e. The zero-order valence-electron chi connectivity index (χ0n) is 18.5. The van der Waals surface area contributed by atoms with Gasteiger partial charge in [-0.25, -0.2) is 4.98 Å². The highest BCUT2D eigenvalue weighted by Crippen LogP contribution is 2.27. The third kappa shape index (κ3) is 4.37. The van der Waals surface area contributed by atoms with Gasteiger partial charge in [0.1, 0.15) is 5.75 Å². The van der Waals surface area contributed by atoms with Crippen LogP contribution in [0.3, 0.4) is 0 Å². The first kappa shape index (κ1) is 21.6. The molecule has 2 aromatic carbocycles. The van der Waals surface area contributed by atoms with Gasteiger partial charge in [-0.3, -0.25) is 9.59 Å². The van der Waals surface area contributed by atoms with Gasteiger partial charge in [-0.15, -0.1) is 0 Å². The molecule has 2 atom stereocenters. The predicted molar refractivity (Wildman–Crippen MR) is 122 cm³/mol. The van der Waals surface area contributed by atoms with E-state index >= 15 is 0 Å². The first-order chi connectivity index (χ1) is 15.5. The molecule has 2 heterocycles. The van der Waals surface area contributed by atoms with Gasteiger partial charge in [0.25, 0.3) is 11.8 Å². The molecule has 0 radical (unpaired) electrons. The van der Waals surface area contributed by atoms with Crippen molar-refractivity contribution in [2.75, 3.05) is 26.7 Å². The lowest BCUT2D eigenvalue weighted by molar-refractivity contribution is -0.142. The largest absolute Gasteiger partial charge is 0.481 e. The molecule has 7 heteroatoms. The molecule has 0 saturated carbocycles. The number of fused-ring (bicyclic) bond motifs is 1. The summed E-state index contributed by atoms with van der Waals surface area (Å²) in [6.07, 6.45) is -0.665. The maximum absolute atomic E-state index is 13.2. The molecule has 7 nitrogen and oxygen atoms in total. The summed E-state index contributed by atoms with van der Waals surface area (Å²) in [6.45, 7) is 5.18. The van der Waals surface area contributed by atoms with Crippen molar-refractivity contribution in [3.63, 3.8) is 0 Å². The third-order valence-electron chi connectivity index (χ3n) is 5.75. The van der Waals surface area contributed by atoms with Gasteiger partial charge in [0.15, 0.2) is 6.10 Å². The quantitative estimate of drug-likeness (QED) is 0.617. The van der Waals surface area contributed by atoms with Gasteiger partial charge in [0, 0.05) is 42.7 Å². The van der Waals surface area contributed by atoms with E-state index in [1.54, 1.807) is 29.9 Å². The number of rotatable bonds is 5. The molecule has 1 saturated heterocycles. The van der Waals surface area contributed by atoms with E-state index < -0.39 is 6.10 Å². The van der Waals surface area contributed by atoms with Crippen LogP contribution in [0.15, 0.2) is 60.7 Å². The number of pyridine rings is 1. The van der Waals surface area contributed by atoms with Crippen LogP contribution in [0, 0.1) is 0 Å². The lowest BCUT2D eigenvalue weighted by Gasteiger charge is -2.40. The number of piperazine rings is 1. The average molecular weight is 434 g/mol. The molecule has 1 fully saturated rings. The van der Waals surface area contributed by atoms with E-state index in [1.165, 1.54) is 0 Å². The minimum absolute atomic E-state index is 0.00692. The monoisotopic (exact) mass is 433 g/mol. The number of hydrogen-bond acceptors (Lipinski definition) is 5. The molecular formula is C25H27N3O4. The van der Waals surface area contributed by atoms with Gasteiger partial charge >= 0.3 is 0 Å². The lowest BCUT2D eigenvalue weighted by Crippen LogP contribution is -2.57. The van der Waals surface area contributed by atoms with Gasteiger partial charge < -0.3 is 19.3 Å². The van der Waals surface area contributed by atoms with Gasteiger partial charge in [-0.05, 0) is 44.2 Å². The van der Waals surface area contributed by atoms with Gasteiger partial charge in [0.05, 0.1) is 12.6 Å². The van der Waals surface area contributed by atoms with E-state index in [1.807, 2.05) is 61.5 Å². The molecule has 0 spiro atoms. The molecular weight excluding hydrogens is 406 g/mol. The predicted octanol–water partition coefficient (Wildman–Crippen LogP) is 3.38. The van der Waals surface area contributed by atoms with E-state index in [2.05, 4.69) is 4.98 Å². The van der Waals surface area contributed by atoms with Crippen LogP contribution >= 0.6 is 0 Å². The number of nitrogens with zero attached hydrogens (tertiary/aromatic N) is 3. The molecule has 0 bridgehead atoms. The van der Waals surface area contributed by atoms with Crippen LogP contribution in [-0.4, -0.2) is 65.5 Å². The Balaban J connectivity index is 1.42. The van der Waals surface area contributed by atoms with Crippen molar-refractivity contribution in [1.82, 2.24) is 14.8 Å². The van der Waals surface area contributed by atoms with Gasteiger partial charge in [0.2, 0.25) is 5.88 Å². The Bertz CT molecular complexity index is 1120. The second-order valence-electron chi connectivity index (χ2n) is 7.93.